The Bertz CT molecular complexity index is 1540. The maximum absolute atomic E-state index is 13.5. The first kappa shape index (κ1) is 24.0. The lowest BCUT2D eigenvalue weighted by molar-refractivity contribution is -0.128. The quantitative estimate of drug-likeness (QED) is 0.351. The Morgan fingerprint density at radius 3 is 2.49 bits per heavy atom. The van der Waals surface area contributed by atoms with Gasteiger partial charge in [0.1, 0.15) is 0 Å². The van der Waals surface area contributed by atoms with Gasteiger partial charge in [0.15, 0.2) is 5.16 Å². The summed E-state index contributed by atoms with van der Waals surface area (Å²) in [5.74, 6) is 0.238. The van der Waals surface area contributed by atoms with Crippen molar-refractivity contribution in [2.24, 2.45) is 0 Å². The van der Waals surface area contributed by atoms with E-state index in [0.717, 1.165) is 16.8 Å². The van der Waals surface area contributed by atoms with E-state index >= 15 is 0 Å². The molecule has 4 rings (SSSR count). The molecule has 2 aromatic carbocycles. The number of fused-ring (bicyclic) bond motifs is 3. The number of benzene rings is 2. The summed E-state index contributed by atoms with van der Waals surface area (Å²) in [5.41, 5.74) is 3.12. The van der Waals surface area contributed by atoms with Crippen molar-refractivity contribution in [1.82, 2.24) is 24.1 Å². The number of aromatic nitrogens is 4. The highest BCUT2D eigenvalue weighted by Crippen LogP contribution is 2.25. The second-order valence-electron chi connectivity index (χ2n) is 8.05. The Hall–Kier alpha value is -4.15. The van der Waals surface area contributed by atoms with Crippen LogP contribution in [0.15, 0.2) is 52.4 Å². The standard InChI is InChI=1S/C25H23N7O2S/c1-17-9-10-18(2)21(15-17)31-23(34)19-7-3-4-8-20(19)32-24(31)28-29-25(32)35-16-22(33)30(13-5-11-26)14-6-12-27/h3-4,7-10,15H,5-6,13-14,16H2,1-2H3. The fraction of sp³-hybridized carbons (Fsp3) is 0.280. The highest BCUT2D eigenvalue weighted by molar-refractivity contribution is 7.99. The van der Waals surface area contributed by atoms with E-state index < -0.39 is 0 Å². The molecular weight excluding hydrogens is 462 g/mol. The van der Waals surface area contributed by atoms with Gasteiger partial charge in [-0.25, -0.2) is 4.57 Å². The predicted octanol–water partition coefficient (Wildman–Crippen LogP) is 3.40. The Labute approximate surface area is 206 Å². The maximum atomic E-state index is 13.5. The van der Waals surface area contributed by atoms with Crippen LogP contribution in [0.25, 0.3) is 22.4 Å². The predicted molar refractivity (Wildman–Crippen MR) is 133 cm³/mol. The second-order valence-corrected chi connectivity index (χ2v) is 8.99. The number of hydrogen-bond donors (Lipinski definition) is 0. The monoisotopic (exact) mass is 485 g/mol. The average Bonchev–Trinajstić information content (AvgIpc) is 3.28. The molecule has 1 amide bonds. The molecule has 10 heteroatoms. The van der Waals surface area contributed by atoms with Crippen LogP contribution < -0.4 is 5.56 Å². The summed E-state index contributed by atoms with van der Waals surface area (Å²) in [4.78, 5) is 27.9. The van der Waals surface area contributed by atoms with E-state index in [2.05, 4.69) is 10.2 Å². The van der Waals surface area contributed by atoms with E-state index in [0.29, 0.717) is 21.8 Å². The molecule has 35 heavy (non-hydrogen) atoms. The molecule has 0 N–H and O–H groups in total. The van der Waals surface area contributed by atoms with E-state index in [4.69, 9.17) is 10.5 Å². The normalized spacial score (nSPS) is 10.9. The molecular formula is C25H23N7O2S. The van der Waals surface area contributed by atoms with Crippen LogP contribution in [0.4, 0.5) is 0 Å². The number of carbonyl (C=O) groups excluding carboxylic acids is 1. The molecule has 176 valence electrons. The van der Waals surface area contributed by atoms with E-state index in [1.54, 1.807) is 15.0 Å². The Morgan fingerprint density at radius 2 is 1.77 bits per heavy atom. The van der Waals surface area contributed by atoms with Gasteiger partial charge in [0.25, 0.3) is 5.56 Å². The minimum Gasteiger partial charge on any atom is -0.340 e. The van der Waals surface area contributed by atoms with Crippen LogP contribution in [0.3, 0.4) is 0 Å². The number of nitrogens with zero attached hydrogens (tertiary/aromatic N) is 7. The third kappa shape index (κ3) is 4.75. The van der Waals surface area contributed by atoms with Gasteiger partial charge in [-0.2, -0.15) is 10.5 Å². The lowest BCUT2D eigenvalue weighted by atomic mass is 10.1. The molecule has 0 unspecified atom stereocenters. The maximum Gasteiger partial charge on any atom is 0.267 e. The summed E-state index contributed by atoms with van der Waals surface area (Å²) in [5, 5.41) is 27.4. The molecule has 0 aliphatic rings. The summed E-state index contributed by atoms with van der Waals surface area (Å²) in [6, 6.07) is 17.2. The van der Waals surface area contributed by atoms with Crippen LogP contribution in [0.1, 0.15) is 24.0 Å². The van der Waals surface area contributed by atoms with Crippen molar-refractivity contribution >= 4 is 34.3 Å². The van der Waals surface area contributed by atoms with Crippen LogP contribution in [0.5, 0.6) is 0 Å². The average molecular weight is 486 g/mol. The van der Waals surface area contributed by atoms with Gasteiger partial charge in [-0.3, -0.25) is 14.0 Å². The van der Waals surface area contributed by atoms with Gasteiger partial charge < -0.3 is 4.90 Å². The molecule has 0 atom stereocenters. The Morgan fingerprint density at radius 1 is 1.06 bits per heavy atom. The second kappa shape index (κ2) is 10.4. The van der Waals surface area contributed by atoms with Crippen molar-refractivity contribution in [3.05, 3.63) is 63.9 Å². The number of aryl methyl sites for hydroxylation is 2. The zero-order valence-corrected chi connectivity index (χ0v) is 20.2. The zero-order chi connectivity index (χ0) is 24.9. The fourth-order valence-corrected chi connectivity index (χ4v) is 4.74. The van der Waals surface area contributed by atoms with Gasteiger partial charge in [0.05, 0.1) is 47.3 Å². The minimum absolute atomic E-state index is 0.0641. The summed E-state index contributed by atoms with van der Waals surface area (Å²) in [6.45, 7) is 4.45. The first-order chi connectivity index (χ1) is 17.0. The third-order valence-corrected chi connectivity index (χ3v) is 6.58. The van der Waals surface area contributed by atoms with Gasteiger partial charge >= 0.3 is 0 Å². The number of amides is 1. The Balaban J connectivity index is 1.79. The van der Waals surface area contributed by atoms with Gasteiger partial charge in [-0.05, 0) is 43.2 Å². The molecule has 0 bridgehead atoms. The van der Waals surface area contributed by atoms with Crippen LogP contribution in [-0.2, 0) is 4.79 Å². The molecule has 9 nitrogen and oxygen atoms in total. The van der Waals surface area contributed by atoms with Crippen molar-refractivity contribution < 1.29 is 4.79 Å². The molecule has 2 heterocycles. The van der Waals surface area contributed by atoms with Crippen molar-refractivity contribution in [2.75, 3.05) is 18.8 Å². The van der Waals surface area contributed by atoms with Gasteiger partial charge in [0.2, 0.25) is 11.7 Å². The Kier molecular flexibility index (Phi) is 7.14. The minimum atomic E-state index is -0.194. The van der Waals surface area contributed by atoms with Crippen LogP contribution >= 0.6 is 11.8 Å². The molecule has 4 aromatic rings. The lowest BCUT2D eigenvalue weighted by Gasteiger charge is -2.20. The topological polar surface area (TPSA) is 120 Å². The number of carbonyl (C=O) groups is 1. The molecule has 0 spiro atoms. The summed E-state index contributed by atoms with van der Waals surface area (Å²) in [6.07, 6.45) is 0.394. The van der Waals surface area contributed by atoms with E-state index in [1.807, 2.05) is 62.4 Å². The van der Waals surface area contributed by atoms with Gasteiger partial charge in [0, 0.05) is 13.1 Å². The van der Waals surface area contributed by atoms with Crippen molar-refractivity contribution in [3.63, 3.8) is 0 Å². The highest BCUT2D eigenvalue weighted by Gasteiger charge is 2.21. The van der Waals surface area contributed by atoms with E-state index in [9.17, 15) is 9.59 Å². The van der Waals surface area contributed by atoms with Crippen molar-refractivity contribution in [3.8, 4) is 17.8 Å². The molecule has 0 aliphatic heterocycles. The van der Waals surface area contributed by atoms with Gasteiger partial charge in [-0.1, -0.05) is 36.0 Å². The zero-order valence-electron chi connectivity index (χ0n) is 19.4. The molecule has 0 saturated heterocycles. The smallest absolute Gasteiger partial charge is 0.267 e. The third-order valence-electron chi connectivity index (χ3n) is 5.66. The summed E-state index contributed by atoms with van der Waals surface area (Å²) < 4.78 is 3.36. The number of para-hydroxylation sites is 1. The van der Waals surface area contributed by atoms with Crippen LogP contribution in [-0.4, -0.2) is 48.8 Å². The van der Waals surface area contributed by atoms with Crippen molar-refractivity contribution in [1.29, 1.82) is 10.5 Å². The van der Waals surface area contributed by atoms with Crippen molar-refractivity contribution in [2.45, 2.75) is 31.8 Å². The molecule has 0 saturated carbocycles. The summed E-state index contributed by atoms with van der Waals surface area (Å²) >= 11 is 1.21. The SMILES string of the molecule is Cc1ccc(C)c(-n2c(=O)c3ccccc3n3c(SCC(=O)N(CCC#N)CCC#N)nnc23)c1. The number of thioether (sulfide) groups is 1. The number of hydrogen-bond acceptors (Lipinski definition) is 7. The molecule has 0 aliphatic carbocycles. The van der Waals surface area contributed by atoms with E-state index in [1.165, 1.54) is 16.7 Å². The first-order valence-electron chi connectivity index (χ1n) is 11.1. The van der Waals surface area contributed by atoms with Crippen LogP contribution in [0, 0.1) is 36.5 Å². The van der Waals surface area contributed by atoms with Gasteiger partial charge in [-0.15, -0.1) is 10.2 Å². The molecule has 0 fully saturated rings. The largest absolute Gasteiger partial charge is 0.340 e. The highest BCUT2D eigenvalue weighted by atomic mass is 32.2. The van der Waals surface area contributed by atoms with Crippen LogP contribution in [0.2, 0.25) is 0 Å². The lowest BCUT2D eigenvalue weighted by Crippen LogP contribution is -2.34. The first-order valence-corrected chi connectivity index (χ1v) is 12.1. The molecule has 2 aromatic heterocycles. The number of rotatable bonds is 8. The summed E-state index contributed by atoms with van der Waals surface area (Å²) in [7, 11) is 0. The van der Waals surface area contributed by atoms with E-state index in [-0.39, 0.29) is 43.2 Å². The molecule has 0 radical (unpaired) electrons. The fourth-order valence-electron chi connectivity index (χ4n) is 3.90. The number of nitriles is 2.